The predicted molar refractivity (Wildman–Crippen MR) is 62.5 cm³/mol. The fourth-order valence-corrected chi connectivity index (χ4v) is 1.85. The van der Waals surface area contributed by atoms with Gasteiger partial charge in [-0.25, -0.2) is 0 Å². The SMILES string of the molecule is COc1ccc(N2CCN([C]=O)CC2)cc1. The van der Waals surface area contributed by atoms with Crippen LogP contribution in [-0.4, -0.2) is 44.6 Å². The standard InChI is InChI=1S/C12H15N2O2/c1-16-12-4-2-11(3-5-12)14-8-6-13(10-15)7-9-14/h2-5H,6-9H2,1H3. The Balaban J connectivity index is 1.99. The molecule has 4 nitrogen and oxygen atoms in total. The molecular formula is C12H15N2O2. The number of ether oxygens (including phenoxy) is 1. The first-order valence-corrected chi connectivity index (χ1v) is 5.35. The van der Waals surface area contributed by atoms with Crippen molar-refractivity contribution in [3.8, 4) is 5.75 Å². The van der Waals surface area contributed by atoms with Gasteiger partial charge in [0.1, 0.15) is 5.75 Å². The van der Waals surface area contributed by atoms with E-state index in [0.29, 0.717) is 0 Å². The van der Waals surface area contributed by atoms with E-state index in [4.69, 9.17) is 4.74 Å². The summed E-state index contributed by atoms with van der Waals surface area (Å²) < 4.78 is 5.11. The van der Waals surface area contributed by atoms with Gasteiger partial charge in [0.2, 0.25) is 0 Å². The summed E-state index contributed by atoms with van der Waals surface area (Å²) in [4.78, 5) is 14.4. The first kappa shape index (κ1) is 10.8. The van der Waals surface area contributed by atoms with Gasteiger partial charge in [-0.2, -0.15) is 0 Å². The fraction of sp³-hybridized carbons (Fsp3) is 0.417. The van der Waals surface area contributed by atoms with Crippen molar-refractivity contribution in [3.63, 3.8) is 0 Å². The van der Waals surface area contributed by atoms with Gasteiger partial charge in [0.15, 0.2) is 0 Å². The minimum absolute atomic E-state index is 0.746. The van der Waals surface area contributed by atoms with Crippen LogP contribution in [0.5, 0.6) is 5.75 Å². The topological polar surface area (TPSA) is 32.8 Å². The van der Waals surface area contributed by atoms with Crippen molar-refractivity contribution in [1.82, 2.24) is 4.90 Å². The third-order valence-electron chi connectivity index (χ3n) is 2.85. The highest BCUT2D eigenvalue weighted by Gasteiger charge is 2.15. The Labute approximate surface area is 95.4 Å². The molecule has 1 fully saturated rings. The minimum atomic E-state index is 0.746. The Morgan fingerprint density at radius 1 is 1.12 bits per heavy atom. The number of hydrogen-bond donors (Lipinski definition) is 0. The molecular weight excluding hydrogens is 204 g/mol. The Bertz CT molecular complexity index is 343. The predicted octanol–water partition coefficient (Wildman–Crippen LogP) is 0.884. The Hall–Kier alpha value is -1.71. The highest BCUT2D eigenvalue weighted by atomic mass is 16.5. The molecule has 0 aromatic heterocycles. The van der Waals surface area contributed by atoms with Crippen molar-refractivity contribution in [1.29, 1.82) is 0 Å². The summed E-state index contributed by atoms with van der Waals surface area (Å²) in [7, 11) is 1.66. The van der Waals surface area contributed by atoms with Crippen LogP contribution in [0, 0.1) is 0 Å². The number of carbonyl (C=O) groups excluding carboxylic acids is 1. The van der Waals surface area contributed by atoms with Crippen LogP contribution in [0.1, 0.15) is 0 Å². The highest BCUT2D eigenvalue weighted by molar-refractivity contribution is 5.52. The van der Waals surface area contributed by atoms with Crippen LogP contribution in [0.4, 0.5) is 5.69 Å². The summed E-state index contributed by atoms with van der Waals surface area (Å²) in [6.07, 6.45) is 1.93. The van der Waals surface area contributed by atoms with Crippen LogP contribution >= 0.6 is 0 Å². The van der Waals surface area contributed by atoms with E-state index in [-0.39, 0.29) is 0 Å². The number of nitrogens with zero attached hydrogens (tertiary/aromatic N) is 2. The average molecular weight is 219 g/mol. The lowest BCUT2D eigenvalue weighted by molar-refractivity contribution is 0.356. The van der Waals surface area contributed by atoms with E-state index in [1.54, 1.807) is 12.0 Å². The van der Waals surface area contributed by atoms with Crippen molar-refractivity contribution in [3.05, 3.63) is 24.3 Å². The Kier molecular flexibility index (Phi) is 3.29. The van der Waals surface area contributed by atoms with Crippen LogP contribution in [0.3, 0.4) is 0 Å². The number of methoxy groups -OCH3 is 1. The van der Waals surface area contributed by atoms with Gasteiger partial charge in [-0.05, 0) is 24.3 Å². The monoisotopic (exact) mass is 219 g/mol. The Morgan fingerprint density at radius 2 is 1.75 bits per heavy atom. The van der Waals surface area contributed by atoms with Crippen molar-refractivity contribution < 1.29 is 9.53 Å². The lowest BCUT2D eigenvalue weighted by Crippen LogP contribution is -2.45. The van der Waals surface area contributed by atoms with Gasteiger partial charge in [-0.15, -0.1) is 0 Å². The number of anilines is 1. The van der Waals surface area contributed by atoms with Gasteiger partial charge in [-0.3, -0.25) is 4.79 Å². The molecule has 1 aliphatic rings. The number of piperazine rings is 1. The highest BCUT2D eigenvalue weighted by Crippen LogP contribution is 2.20. The summed E-state index contributed by atoms with van der Waals surface area (Å²) in [6.45, 7) is 3.22. The van der Waals surface area contributed by atoms with Crippen LogP contribution in [0.2, 0.25) is 0 Å². The summed E-state index contributed by atoms with van der Waals surface area (Å²) in [5.41, 5.74) is 1.17. The van der Waals surface area contributed by atoms with E-state index in [1.807, 2.05) is 30.7 Å². The first-order chi connectivity index (χ1) is 7.83. The van der Waals surface area contributed by atoms with Gasteiger partial charge in [-0.1, -0.05) is 0 Å². The number of hydrogen-bond acceptors (Lipinski definition) is 3. The third kappa shape index (κ3) is 2.27. The number of rotatable bonds is 3. The minimum Gasteiger partial charge on any atom is -0.497 e. The maximum Gasteiger partial charge on any atom is 0.312 e. The molecule has 0 atom stereocenters. The maximum absolute atomic E-state index is 10.5. The molecule has 1 amide bonds. The molecule has 0 N–H and O–H groups in total. The normalized spacial score (nSPS) is 16.1. The quantitative estimate of drug-likeness (QED) is 0.756. The molecule has 0 unspecified atom stereocenters. The van der Waals surface area contributed by atoms with E-state index < -0.39 is 0 Å². The largest absolute Gasteiger partial charge is 0.497 e. The maximum atomic E-state index is 10.5. The molecule has 2 rings (SSSR count). The molecule has 1 saturated heterocycles. The molecule has 1 aromatic carbocycles. The Morgan fingerprint density at radius 3 is 2.25 bits per heavy atom. The van der Waals surface area contributed by atoms with Gasteiger partial charge >= 0.3 is 6.41 Å². The van der Waals surface area contributed by atoms with Crippen molar-refractivity contribution in [2.75, 3.05) is 38.2 Å². The zero-order chi connectivity index (χ0) is 11.4. The van der Waals surface area contributed by atoms with E-state index in [9.17, 15) is 4.79 Å². The second-order valence-electron chi connectivity index (χ2n) is 3.76. The van der Waals surface area contributed by atoms with Gasteiger partial charge in [0.05, 0.1) is 7.11 Å². The second kappa shape index (κ2) is 4.88. The molecule has 16 heavy (non-hydrogen) atoms. The molecule has 1 aliphatic heterocycles. The zero-order valence-electron chi connectivity index (χ0n) is 9.35. The van der Waals surface area contributed by atoms with E-state index in [2.05, 4.69) is 4.90 Å². The second-order valence-corrected chi connectivity index (χ2v) is 3.76. The molecule has 0 spiro atoms. The van der Waals surface area contributed by atoms with E-state index in [0.717, 1.165) is 31.9 Å². The van der Waals surface area contributed by atoms with Crippen molar-refractivity contribution in [2.24, 2.45) is 0 Å². The van der Waals surface area contributed by atoms with Crippen LogP contribution in [0.25, 0.3) is 0 Å². The fourth-order valence-electron chi connectivity index (χ4n) is 1.85. The van der Waals surface area contributed by atoms with Gasteiger partial charge in [0, 0.05) is 31.9 Å². The lowest BCUT2D eigenvalue weighted by atomic mass is 10.2. The third-order valence-corrected chi connectivity index (χ3v) is 2.85. The average Bonchev–Trinajstić information content (AvgIpc) is 2.39. The number of amides is 1. The summed E-state index contributed by atoms with van der Waals surface area (Å²) in [5.74, 6) is 0.864. The van der Waals surface area contributed by atoms with Crippen LogP contribution < -0.4 is 9.64 Å². The molecule has 0 bridgehead atoms. The van der Waals surface area contributed by atoms with Crippen molar-refractivity contribution in [2.45, 2.75) is 0 Å². The van der Waals surface area contributed by atoms with Crippen LogP contribution in [-0.2, 0) is 4.79 Å². The van der Waals surface area contributed by atoms with Crippen molar-refractivity contribution >= 4 is 12.1 Å². The first-order valence-electron chi connectivity index (χ1n) is 5.35. The van der Waals surface area contributed by atoms with Gasteiger partial charge < -0.3 is 14.5 Å². The number of benzene rings is 1. The molecule has 0 aliphatic carbocycles. The van der Waals surface area contributed by atoms with Crippen LogP contribution in [0.15, 0.2) is 24.3 Å². The smallest absolute Gasteiger partial charge is 0.312 e. The molecule has 1 heterocycles. The summed E-state index contributed by atoms with van der Waals surface area (Å²) >= 11 is 0. The lowest BCUT2D eigenvalue weighted by Gasteiger charge is -2.33. The molecule has 0 saturated carbocycles. The molecule has 1 radical (unpaired) electrons. The zero-order valence-corrected chi connectivity index (χ0v) is 9.35. The molecule has 4 heteroatoms. The molecule has 85 valence electrons. The van der Waals surface area contributed by atoms with E-state index >= 15 is 0 Å². The van der Waals surface area contributed by atoms with Gasteiger partial charge in [0.25, 0.3) is 0 Å². The molecule has 1 aromatic rings. The summed E-state index contributed by atoms with van der Waals surface area (Å²) in [5, 5.41) is 0. The van der Waals surface area contributed by atoms with E-state index in [1.165, 1.54) is 5.69 Å². The summed E-state index contributed by atoms with van der Waals surface area (Å²) in [6, 6.07) is 7.99.